The van der Waals surface area contributed by atoms with Crippen LogP contribution in [-0.4, -0.2) is 36.1 Å². The second kappa shape index (κ2) is 5.19. The molecule has 0 unspecified atom stereocenters. The number of carbonyl (C=O) groups excluding carboxylic acids is 2. The highest BCUT2D eigenvalue weighted by Crippen LogP contribution is 2.10. The van der Waals surface area contributed by atoms with E-state index in [1.165, 1.54) is 12.1 Å². The molecule has 0 aromatic heterocycles. The fourth-order valence-corrected chi connectivity index (χ4v) is 1.94. The van der Waals surface area contributed by atoms with Crippen LogP contribution in [0.1, 0.15) is 23.2 Å². The molecule has 17 heavy (non-hydrogen) atoms. The van der Waals surface area contributed by atoms with Gasteiger partial charge in [0.05, 0.1) is 12.1 Å². The third-order valence-electron chi connectivity index (χ3n) is 2.96. The Morgan fingerprint density at radius 2 is 1.88 bits per heavy atom. The summed E-state index contributed by atoms with van der Waals surface area (Å²) in [5.41, 5.74) is 0.129. The number of ketones is 2. The summed E-state index contributed by atoms with van der Waals surface area (Å²) in [4.78, 5) is 24.8. The minimum absolute atomic E-state index is 0.129. The van der Waals surface area contributed by atoms with Crippen LogP contribution in [0.3, 0.4) is 0 Å². The number of carbonyl (C=O) groups is 2. The van der Waals surface area contributed by atoms with Crippen molar-refractivity contribution < 1.29 is 14.0 Å². The highest BCUT2D eigenvalue weighted by atomic mass is 19.1. The fraction of sp³-hybridized carbons (Fsp3) is 0.385. The Balaban J connectivity index is 1.98. The molecule has 0 radical (unpaired) electrons. The number of hydrogen-bond donors (Lipinski definition) is 0. The number of halogens is 1. The SMILES string of the molecule is O=C1CCN(CC(=O)c2ccccc2F)CC1. The van der Waals surface area contributed by atoms with Gasteiger partial charge in [-0.25, -0.2) is 4.39 Å². The van der Waals surface area contributed by atoms with Crippen LogP contribution in [-0.2, 0) is 4.79 Å². The number of likely N-dealkylation sites (tertiary alicyclic amines) is 1. The van der Waals surface area contributed by atoms with Gasteiger partial charge in [-0.05, 0) is 12.1 Å². The summed E-state index contributed by atoms with van der Waals surface area (Å²) < 4.78 is 13.4. The van der Waals surface area contributed by atoms with Crippen molar-refractivity contribution in [1.82, 2.24) is 4.90 Å². The number of Topliss-reactive ketones (excluding diaryl/α,β-unsaturated/α-hetero) is 2. The van der Waals surface area contributed by atoms with Crippen LogP contribution in [0.15, 0.2) is 24.3 Å². The smallest absolute Gasteiger partial charge is 0.179 e. The highest BCUT2D eigenvalue weighted by Gasteiger charge is 2.20. The van der Waals surface area contributed by atoms with Crippen LogP contribution in [0.4, 0.5) is 4.39 Å². The molecule has 4 heteroatoms. The van der Waals surface area contributed by atoms with E-state index in [0.717, 1.165) is 0 Å². The molecule has 1 aliphatic heterocycles. The molecule has 0 saturated carbocycles. The Morgan fingerprint density at radius 3 is 2.53 bits per heavy atom. The van der Waals surface area contributed by atoms with Gasteiger partial charge in [0.15, 0.2) is 5.78 Å². The predicted octanol–water partition coefficient (Wildman–Crippen LogP) is 1.67. The molecule has 1 aromatic carbocycles. The maximum Gasteiger partial charge on any atom is 0.179 e. The summed E-state index contributed by atoms with van der Waals surface area (Å²) in [5, 5.41) is 0. The molecule has 1 aliphatic rings. The summed E-state index contributed by atoms with van der Waals surface area (Å²) in [6.45, 7) is 1.38. The zero-order chi connectivity index (χ0) is 12.3. The maximum atomic E-state index is 13.4. The second-order valence-corrected chi connectivity index (χ2v) is 4.22. The molecule has 0 aliphatic carbocycles. The molecular formula is C13H14FNO2. The van der Waals surface area contributed by atoms with Crippen molar-refractivity contribution in [3.05, 3.63) is 35.6 Å². The van der Waals surface area contributed by atoms with E-state index in [1.54, 1.807) is 12.1 Å². The van der Waals surface area contributed by atoms with Crippen LogP contribution < -0.4 is 0 Å². The maximum absolute atomic E-state index is 13.4. The number of hydrogen-bond acceptors (Lipinski definition) is 3. The molecule has 1 aromatic rings. The van der Waals surface area contributed by atoms with Crippen molar-refractivity contribution in [3.8, 4) is 0 Å². The van der Waals surface area contributed by atoms with Crippen LogP contribution >= 0.6 is 0 Å². The predicted molar refractivity (Wildman–Crippen MR) is 61.4 cm³/mol. The number of piperidine rings is 1. The van der Waals surface area contributed by atoms with Gasteiger partial charge in [-0.1, -0.05) is 12.1 Å². The molecular weight excluding hydrogens is 221 g/mol. The van der Waals surface area contributed by atoms with E-state index in [0.29, 0.717) is 25.9 Å². The van der Waals surface area contributed by atoms with E-state index in [4.69, 9.17) is 0 Å². The molecule has 1 heterocycles. The standard InChI is InChI=1S/C13H14FNO2/c14-12-4-2-1-3-11(12)13(17)9-15-7-5-10(16)6-8-15/h1-4H,5-9H2. The number of nitrogens with zero attached hydrogens (tertiary/aromatic N) is 1. The Morgan fingerprint density at radius 1 is 1.24 bits per heavy atom. The van der Waals surface area contributed by atoms with Gasteiger partial charge >= 0.3 is 0 Å². The molecule has 2 rings (SSSR count). The second-order valence-electron chi connectivity index (χ2n) is 4.22. The van der Waals surface area contributed by atoms with Crippen LogP contribution in [0.25, 0.3) is 0 Å². The van der Waals surface area contributed by atoms with Gasteiger partial charge in [0.25, 0.3) is 0 Å². The Hall–Kier alpha value is -1.55. The molecule has 90 valence electrons. The molecule has 0 bridgehead atoms. The molecule has 3 nitrogen and oxygen atoms in total. The summed E-state index contributed by atoms with van der Waals surface area (Å²) in [7, 11) is 0. The zero-order valence-corrected chi connectivity index (χ0v) is 9.49. The zero-order valence-electron chi connectivity index (χ0n) is 9.49. The minimum Gasteiger partial charge on any atom is -0.300 e. The van der Waals surface area contributed by atoms with Gasteiger partial charge in [-0.15, -0.1) is 0 Å². The van der Waals surface area contributed by atoms with E-state index in [2.05, 4.69) is 0 Å². The summed E-state index contributed by atoms with van der Waals surface area (Å²) in [6.07, 6.45) is 0.981. The average Bonchev–Trinajstić information content (AvgIpc) is 2.32. The highest BCUT2D eigenvalue weighted by molar-refractivity contribution is 5.97. The van der Waals surface area contributed by atoms with Crippen LogP contribution in [0.5, 0.6) is 0 Å². The van der Waals surface area contributed by atoms with Gasteiger partial charge in [-0.3, -0.25) is 14.5 Å². The van der Waals surface area contributed by atoms with Gasteiger partial charge in [0.2, 0.25) is 0 Å². The first kappa shape index (κ1) is 11.9. The van der Waals surface area contributed by atoms with E-state index < -0.39 is 5.82 Å². The number of rotatable bonds is 3. The summed E-state index contributed by atoms with van der Waals surface area (Å²) >= 11 is 0. The van der Waals surface area contributed by atoms with Gasteiger partial charge in [-0.2, -0.15) is 0 Å². The first-order valence-electron chi connectivity index (χ1n) is 5.68. The molecule has 0 atom stereocenters. The van der Waals surface area contributed by atoms with E-state index in [1.807, 2.05) is 4.90 Å². The molecule has 0 spiro atoms. The lowest BCUT2D eigenvalue weighted by molar-refractivity contribution is -0.121. The molecule has 0 amide bonds. The Labute approximate surface area is 99.2 Å². The molecule has 1 fully saturated rings. The molecule has 0 N–H and O–H groups in total. The van der Waals surface area contributed by atoms with Gasteiger partial charge < -0.3 is 0 Å². The third-order valence-corrected chi connectivity index (χ3v) is 2.96. The average molecular weight is 235 g/mol. The lowest BCUT2D eigenvalue weighted by atomic mass is 10.1. The summed E-state index contributed by atoms with van der Waals surface area (Å²) in [5.74, 6) is -0.470. The number of benzene rings is 1. The normalized spacial score (nSPS) is 17.1. The summed E-state index contributed by atoms with van der Waals surface area (Å²) in [6, 6.07) is 5.99. The lowest BCUT2D eigenvalue weighted by Gasteiger charge is -2.24. The minimum atomic E-state index is -0.481. The van der Waals surface area contributed by atoms with Crippen molar-refractivity contribution in [1.29, 1.82) is 0 Å². The van der Waals surface area contributed by atoms with E-state index >= 15 is 0 Å². The van der Waals surface area contributed by atoms with Crippen molar-refractivity contribution in [3.63, 3.8) is 0 Å². The van der Waals surface area contributed by atoms with E-state index in [9.17, 15) is 14.0 Å². The van der Waals surface area contributed by atoms with Crippen molar-refractivity contribution in [2.75, 3.05) is 19.6 Å². The topological polar surface area (TPSA) is 37.4 Å². The van der Waals surface area contributed by atoms with Gasteiger partial charge in [0.1, 0.15) is 11.6 Å². The first-order valence-corrected chi connectivity index (χ1v) is 5.68. The largest absolute Gasteiger partial charge is 0.300 e. The van der Waals surface area contributed by atoms with Gasteiger partial charge in [0, 0.05) is 25.9 Å². The van der Waals surface area contributed by atoms with Crippen LogP contribution in [0.2, 0.25) is 0 Å². The van der Waals surface area contributed by atoms with Crippen molar-refractivity contribution in [2.24, 2.45) is 0 Å². The van der Waals surface area contributed by atoms with Crippen LogP contribution in [0, 0.1) is 5.82 Å². The first-order chi connectivity index (χ1) is 8.16. The van der Waals surface area contributed by atoms with E-state index in [-0.39, 0.29) is 23.7 Å². The molecule has 1 saturated heterocycles. The quantitative estimate of drug-likeness (QED) is 0.748. The third kappa shape index (κ3) is 2.97. The monoisotopic (exact) mass is 235 g/mol. The van der Waals surface area contributed by atoms with Crippen molar-refractivity contribution >= 4 is 11.6 Å². The Bertz CT molecular complexity index is 435. The lowest BCUT2D eigenvalue weighted by Crippen LogP contribution is -2.37. The fourth-order valence-electron chi connectivity index (χ4n) is 1.94. The van der Waals surface area contributed by atoms with Crippen molar-refractivity contribution in [2.45, 2.75) is 12.8 Å². The Kier molecular flexibility index (Phi) is 3.64.